The minimum atomic E-state index is -2.13. The second kappa shape index (κ2) is 8.45. The highest BCUT2D eigenvalue weighted by atomic mass is 32.2. The van der Waals surface area contributed by atoms with Gasteiger partial charge in [0.1, 0.15) is 0 Å². The van der Waals surface area contributed by atoms with E-state index >= 15 is 0 Å². The Morgan fingerprint density at radius 2 is 1.57 bits per heavy atom. The number of hydrogen-bond donors (Lipinski definition) is 2. The molecule has 0 aliphatic rings. The smallest absolute Gasteiger partial charge is 0.303 e. The van der Waals surface area contributed by atoms with Crippen LogP contribution in [0.15, 0.2) is 54.6 Å². The summed E-state index contributed by atoms with van der Waals surface area (Å²) in [6, 6.07) is 17.3. The number of nitrogens with zero attached hydrogens (tertiary/aromatic N) is 1. The zero-order valence-corrected chi connectivity index (χ0v) is 13.4. The van der Waals surface area contributed by atoms with Crippen LogP contribution in [0.2, 0.25) is 0 Å². The molecule has 0 bridgehead atoms. The predicted octanol–water partition coefficient (Wildman–Crippen LogP) is 3.55. The number of aliphatic carboxylic acids is 1. The van der Waals surface area contributed by atoms with Crippen LogP contribution in [-0.4, -0.2) is 26.4 Å². The second-order valence-electron chi connectivity index (χ2n) is 5.10. The van der Waals surface area contributed by atoms with E-state index in [0.717, 1.165) is 11.1 Å². The van der Waals surface area contributed by atoms with E-state index in [-0.39, 0.29) is 6.42 Å². The number of benzene rings is 2. The highest BCUT2D eigenvalue weighted by molar-refractivity contribution is 7.80. The summed E-state index contributed by atoms with van der Waals surface area (Å²) in [6.07, 6.45) is 1.09. The van der Waals surface area contributed by atoms with Gasteiger partial charge in [0.05, 0.1) is 5.69 Å². The summed E-state index contributed by atoms with van der Waals surface area (Å²) in [5, 5.41) is 8.62. The fourth-order valence-electron chi connectivity index (χ4n) is 2.28. The van der Waals surface area contributed by atoms with Gasteiger partial charge in [-0.15, -0.1) is 0 Å². The third kappa shape index (κ3) is 5.19. The molecule has 1 unspecified atom stereocenters. The minimum Gasteiger partial charge on any atom is -0.481 e. The van der Waals surface area contributed by atoms with Gasteiger partial charge in [-0.25, -0.2) is 4.21 Å². The van der Waals surface area contributed by atoms with Crippen molar-refractivity contribution in [2.45, 2.75) is 19.3 Å². The molecule has 1 atom stereocenters. The Morgan fingerprint density at radius 3 is 2.13 bits per heavy atom. The van der Waals surface area contributed by atoms with Crippen LogP contribution in [0.4, 0.5) is 5.69 Å². The first-order chi connectivity index (χ1) is 11.1. The Morgan fingerprint density at radius 1 is 0.957 bits per heavy atom. The largest absolute Gasteiger partial charge is 0.481 e. The lowest BCUT2D eigenvalue weighted by Crippen LogP contribution is -2.26. The summed E-state index contributed by atoms with van der Waals surface area (Å²) in [4.78, 5) is 10.5. The van der Waals surface area contributed by atoms with Crippen LogP contribution in [0.3, 0.4) is 0 Å². The topological polar surface area (TPSA) is 77.8 Å². The minimum absolute atomic E-state index is 0.0683. The molecule has 122 valence electrons. The fourth-order valence-corrected chi connectivity index (χ4v) is 2.87. The quantitative estimate of drug-likeness (QED) is 0.572. The average molecular weight is 333 g/mol. The number of hydrogen-bond acceptors (Lipinski definition) is 2. The molecule has 0 saturated carbocycles. The first kappa shape index (κ1) is 17.2. The maximum Gasteiger partial charge on any atom is 0.303 e. The third-order valence-electron chi connectivity index (χ3n) is 3.45. The fraction of sp³-hybridized carbons (Fsp3) is 0.235. The van der Waals surface area contributed by atoms with E-state index in [1.807, 2.05) is 42.5 Å². The molecule has 6 heteroatoms. The SMILES string of the molecule is O=C(O)CCCCN(c1ccc(-c2ccccc2)cc1)S(=O)O. The summed E-state index contributed by atoms with van der Waals surface area (Å²) in [5.41, 5.74) is 2.75. The van der Waals surface area contributed by atoms with Gasteiger partial charge < -0.3 is 5.11 Å². The Kier molecular flexibility index (Phi) is 6.31. The normalized spacial score (nSPS) is 11.9. The molecule has 2 aromatic carbocycles. The monoisotopic (exact) mass is 333 g/mol. The molecule has 2 aromatic rings. The van der Waals surface area contributed by atoms with Crippen LogP contribution in [0, 0.1) is 0 Å². The van der Waals surface area contributed by atoms with E-state index in [1.165, 1.54) is 4.31 Å². The molecule has 2 rings (SSSR count). The molecule has 5 nitrogen and oxygen atoms in total. The molecular formula is C17H19NO4S. The summed E-state index contributed by atoms with van der Waals surface area (Å²) in [6.45, 7) is 0.334. The van der Waals surface area contributed by atoms with Crippen LogP contribution >= 0.6 is 0 Å². The molecule has 2 N–H and O–H groups in total. The van der Waals surface area contributed by atoms with Crippen molar-refractivity contribution in [1.29, 1.82) is 0 Å². The molecule has 0 spiro atoms. The summed E-state index contributed by atoms with van der Waals surface area (Å²) in [7, 11) is 0. The van der Waals surface area contributed by atoms with Crippen molar-refractivity contribution < 1.29 is 18.7 Å². The lowest BCUT2D eigenvalue weighted by atomic mass is 10.1. The highest BCUT2D eigenvalue weighted by Gasteiger charge is 2.12. The van der Waals surface area contributed by atoms with Crippen LogP contribution in [0.25, 0.3) is 11.1 Å². The maximum atomic E-state index is 11.5. The Hall–Kier alpha value is -2.18. The number of carbonyl (C=O) groups is 1. The van der Waals surface area contributed by atoms with Crippen molar-refractivity contribution >= 4 is 22.9 Å². The van der Waals surface area contributed by atoms with Crippen LogP contribution in [0.1, 0.15) is 19.3 Å². The van der Waals surface area contributed by atoms with Crippen molar-refractivity contribution in [2.75, 3.05) is 10.8 Å². The van der Waals surface area contributed by atoms with Crippen molar-refractivity contribution in [3.8, 4) is 11.1 Å². The van der Waals surface area contributed by atoms with Gasteiger partial charge >= 0.3 is 5.97 Å². The van der Waals surface area contributed by atoms with Gasteiger partial charge in [0, 0.05) is 13.0 Å². The van der Waals surface area contributed by atoms with Gasteiger partial charge in [-0.1, -0.05) is 42.5 Å². The second-order valence-corrected chi connectivity index (χ2v) is 6.00. The number of carboxylic acids is 1. The lowest BCUT2D eigenvalue weighted by Gasteiger charge is -2.20. The number of rotatable bonds is 8. The Labute approximate surface area is 138 Å². The van der Waals surface area contributed by atoms with Crippen molar-refractivity contribution in [1.82, 2.24) is 0 Å². The average Bonchev–Trinajstić information content (AvgIpc) is 2.55. The van der Waals surface area contributed by atoms with Crippen LogP contribution in [0.5, 0.6) is 0 Å². The van der Waals surface area contributed by atoms with E-state index in [1.54, 1.807) is 12.1 Å². The van der Waals surface area contributed by atoms with Crippen LogP contribution < -0.4 is 4.31 Å². The van der Waals surface area contributed by atoms with Gasteiger partial charge in [-0.2, -0.15) is 0 Å². The summed E-state index contributed by atoms with van der Waals surface area (Å²) >= 11 is -2.13. The first-order valence-electron chi connectivity index (χ1n) is 7.33. The molecule has 0 saturated heterocycles. The number of anilines is 1. The van der Waals surface area contributed by atoms with Crippen molar-refractivity contribution in [2.24, 2.45) is 0 Å². The lowest BCUT2D eigenvalue weighted by molar-refractivity contribution is -0.137. The number of unbranched alkanes of at least 4 members (excludes halogenated alkanes) is 1. The molecule has 0 aliphatic carbocycles. The van der Waals surface area contributed by atoms with Crippen LogP contribution in [-0.2, 0) is 16.1 Å². The van der Waals surface area contributed by atoms with Gasteiger partial charge in [0.15, 0.2) is 0 Å². The van der Waals surface area contributed by atoms with E-state index in [9.17, 15) is 13.6 Å². The maximum absolute atomic E-state index is 11.5. The van der Waals surface area contributed by atoms with Gasteiger partial charge in [-0.05, 0) is 36.1 Å². The number of carboxylic acid groups (broad SMARTS) is 1. The van der Waals surface area contributed by atoms with Crippen molar-refractivity contribution in [3.05, 3.63) is 54.6 Å². The Balaban J connectivity index is 2.05. The van der Waals surface area contributed by atoms with Gasteiger partial charge in [-0.3, -0.25) is 13.7 Å². The molecule has 0 radical (unpaired) electrons. The summed E-state index contributed by atoms with van der Waals surface area (Å²) < 4.78 is 22.3. The molecule has 0 amide bonds. The molecule has 23 heavy (non-hydrogen) atoms. The molecule has 0 aromatic heterocycles. The Bertz CT molecular complexity index is 658. The zero-order valence-electron chi connectivity index (χ0n) is 12.6. The molecule has 0 heterocycles. The highest BCUT2D eigenvalue weighted by Crippen LogP contribution is 2.24. The van der Waals surface area contributed by atoms with E-state index < -0.39 is 17.2 Å². The molecule has 0 fully saturated rings. The van der Waals surface area contributed by atoms with E-state index in [2.05, 4.69) is 0 Å². The zero-order chi connectivity index (χ0) is 16.7. The van der Waals surface area contributed by atoms with Gasteiger partial charge in [0.2, 0.25) is 0 Å². The van der Waals surface area contributed by atoms with E-state index in [4.69, 9.17) is 5.11 Å². The predicted molar refractivity (Wildman–Crippen MR) is 91.5 cm³/mol. The van der Waals surface area contributed by atoms with E-state index in [0.29, 0.717) is 25.1 Å². The first-order valence-corrected chi connectivity index (χ1v) is 8.40. The van der Waals surface area contributed by atoms with Gasteiger partial charge in [0.25, 0.3) is 11.3 Å². The van der Waals surface area contributed by atoms with Crippen molar-refractivity contribution in [3.63, 3.8) is 0 Å². The molecule has 0 aliphatic heterocycles. The molecular weight excluding hydrogens is 314 g/mol. The summed E-state index contributed by atoms with van der Waals surface area (Å²) in [5.74, 6) is -0.853. The third-order valence-corrected chi connectivity index (χ3v) is 4.22. The standard InChI is InChI=1S/C17H19NO4S/c19-17(20)8-4-5-13-18(23(21)22)16-11-9-15(10-12-16)14-6-2-1-3-7-14/h1-3,6-7,9-12H,4-5,8,13H2,(H,19,20)(H,21,22).